The second kappa shape index (κ2) is 10.8. The van der Waals surface area contributed by atoms with Gasteiger partial charge < -0.3 is 24.6 Å². The van der Waals surface area contributed by atoms with Crippen molar-refractivity contribution in [3.05, 3.63) is 48.0 Å². The first-order chi connectivity index (χ1) is 14.3. The third-order valence-corrected chi connectivity index (χ3v) is 5.20. The van der Waals surface area contributed by atoms with Crippen molar-refractivity contribution in [1.29, 1.82) is 0 Å². The van der Waals surface area contributed by atoms with E-state index in [1.165, 1.54) is 45.6 Å². The zero-order valence-corrected chi connectivity index (χ0v) is 17.6. The Balaban J connectivity index is 1.91. The molecule has 1 amide bonds. The van der Waals surface area contributed by atoms with E-state index >= 15 is 0 Å². The second-order valence-corrected chi connectivity index (χ2v) is 7.63. The molecule has 1 atom stereocenters. The molecular formula is C19H24N2O8S. The molecule has 0 aliphatic heterocycles. The van der Waals surface area contributed by atoms with Crippen molar-refractivity contribution in [2.75, 3.05) is 34.5 Å². The van der Waals surface area contributed by atoms with Crippen molar-refractivity contribution in [3.8, 4) is 17.2 Å². The average Bonchev–Trinajstić information content (AvgIpc) is 2.75. The van der Waals surface area contributed by atoms with Gasteiger partial charge in [-0.2, -0.15) is 0 Å². The van der Waals surface area contributed by atoms with E-state index in [0.29, 0.717) is 17.2 Å². The van der Waals surface area contributed by atoms with Crippen molar-refractivity contribution in [3.63, 3.8) is 0 Å². The van der Waals surface area contributed by atoms with Crippen molar-refractivity contribution in [2.24, 2.45) is 0 Å². The predicted molar refractivity (Wildman–Crippen MR) is 107 cm³/mol. The molecule has 2 aromatic rings. The molecule has 0 aromatic heterocycles. The zero-order chi connectivity index (χ0) is 22.1. The molecule has 0 saturated carbocycles. The molecule has 11 heteroatoms. The highest BCUT2D eigenvalue weighted by molar-refractivity contribution is 7.89. The highest BCUT2D eigenvalue weighted by Crippen LogP contribution is 2.36. The monoisotopic (exact) mass is 440 g/mol. The van der Waals surface area contributed by atoms with E-state index in [1.54, 1.807) is 18.2 Å². The van der Waals surface area contributed by atoms with Gasteiger partial charge in [0.2, 0.25) is 5.75 Å². The Hall–Kier alpha value is -2.86. The molecule has 0 aliphatic rings. The molecular weight excluding hydrogens is 416 g/mol. The van der Waals surface area contributed by atoms with Crippen molar-refractivity contribution in [2.45, 2.75) is 11.0 Å². The Labute approximate surface area is 174 Å². The first kappa shape index (κ1) is 23.4. The Morgan fingerprint density at radius 1 is 1.03 bits per heavy atom. The number of aliphatic hydroxyl groups excluding tert-OH is 1. The van der Waals surface area contributed by atoms with Crippen LogP contribution in [-0.4, -0.2) is 60.0 Å². The third kappa shape index (κ3) is 6.07. The van der Waals surface area contributed by atoms with Crippen LogP contribution in [0.5, 0.6) is 17.2 Å². The van der Waals surface area contributed by atoms with E-state index in [-0.39, 0.29) is 23.6 Å². The quantitative estimate of drug-likeness (QED) is 0.435. The summed E-state index contributed by atoms with van der Waals surface area (Å²) in [5.74, 6) is 0.758. The maximum atomic E-state index is 12.2. The van der Waals surface area contributed by atoms with Gasteiger partial charge in [0.15, 0.2) is 11.5 Å². The van der Waals surface area contributed by atoms with E-state index in [1.807, 2.05) is 4.89 Å². The lowest BCUT2D eigenvalue weighted by Gasteiger charge is -2.17. The molecule has 3 N–H and O–H groups in total. The molecule has 0 saturated heterocycles. The fourth-order valence-electron chi connectivity index (χ4n) is 2.45. The van der Waals surface area contributed by atoms with Gasteiger partial charge in [0, 0.05) is 12.1 Å². The van der Waals surface area contributed by atoms with Crippen molar-refractivity contribution < 1.29 is 37.4 Å². The van der Waals surface area contributed by atoms with E-state index in [0.717, 1.165) is 0 Å². The van der Waals surface area contributed by atoms with Gasteiger partial charge in [0.25, 0.3) is 15.9 Å². The zero-order valence-electron chi connectivity index (χ0n) is 16.7. The summed E-state index contributed by atoms with van der Waals surface area (Å²) in [6.07, 6.45) is -1.01. The highest BCUT2D eigenvalue weighted by Gasteiger charge is 2.16. The molecule has 1 unspecified atom stereocenters. The van der Waals surface area contributed by atoms with Gasteiger partial charge in [0.1, 0.15) is 12.7 Å². The van der Waals surface area contributed by atoms with E-state index in [2.05, 4.69) is 10.2 Å². The summed E-state index contributed by atoms with van der Waals surface area (Å²) < 4.78 is 39.6. The van der Waals surface area contributed by atoms with Crippen LogP contribution in [-0.2, 0) is 14.9 Å². The maximum absolute atomic E-state index is 12.2. The lowest BCUT2D eigenvalue weighted by molar-refractivity contribution is 0.0833. The van der Waals surface area contributed by atoms with Crippen LogP contribution in [0, 0.1) is 0 Å². The largest absolute Gasteiger partial charge is 0.493 e. The molecule has 0 heterocycles. The minimum Gasteiger partial charge on any atom is -0.493 e. The minimum atomic E-state index is -3.80. The topological polar surface area (TPSA) is 132 Å². The first-order valence-electron chi connectivity index (χ1n) is 8.77. The van der Waals surface area contributed by atoms with Crippen LogP contribution in [0.2, 0.25) is 0 Å². The van der Waals surface area contributed by atoms with Gasteiger partial charge in [-0.25, -0.2) is 8.42 Å². The highest BCUT2D eigenvalue weighted by atomic mass is 32.2. The Bertz CT molecular complexity index is 925. The van der Waals surface area contributed by atoms with E-state index in [4.69, 9.17) is 14.2 Å². The van der Waals surface area contributed by atoms with Gasteiger partial charge in [-0.3, -0.25) is 9.63 Å². The predicted octanol–water partition coefficient (Wildman–Crippen LogP) is 0.713. The number of methoxy groups -OCH3 is 2. The van der Waals surface area contributed by atoms with Crippen molar-refractivity contribution in [1.82, 2.24) is 10.2 Å². The first-order valence-corrected chi connectivity index (χ1v) is 10.3. The van der Waals surface area contributed by atoms with E-state index in [9.17, 15) is 18.3 Å². The fourth-order valence-corrected chi connectivity index (χ4v) is 3.26. The standard InChI is InChI=1S/C19H24N2O8S/c1-26-16-5-4-6-17(27-2)18(16)29-12-14(22)11-20-19(23)13-7-9-15(10-8-13)30(24,25)21-28-3/h4-10,14,21-22H,11-12H2,1-3H3,(H,20,23). The lowest BCUT2D eigenvalue weighted by Crippen LogP contribution is -2.35. The summed E-state index contributed by atoms with van der Waals surface area (Å²) in [7, 11) is 0.347. The number of ether oxygens (including phenoxy) is 3. The molecule has 0 aliphatic carbocycles. The number of nitrogens with one attached hydrogen (secondary N) is 2. The van der Waals surface area contributed by atoms with Crippen LogP contribution in [0.25, 0.3) is 0 Å². The normalized spacial score (nSPS) is 12.1. The van der Waals surface area contributed by atoms with Crippen LogP contribution in [0.3, 0.4) is 0 Å². The molecule has 0 radical (unpaired) electrons. The summed E-state index contributed by atoms with van der Waals surface area (Å²) in [4.78, 5) is 18.5. The Morgan fingerprint density at radius 2 is 1.63 bits per heavy atom. The van der Waals surface area contributed by atoms with Crippen molar-refractivity contribution >= 4 is 15.9 Å². The molecule has 2 rings (SSSR count). The van der Waals surface area contributed by atoms with Crippen LogP contribution < -0.4 is 24.4 Å². The number of amides is 1. The van der Waals surface area contributed by atoms with Gasteiger partial charge in [0.05, 0.1) is 26.2 Å². The van der Waals surface area contributed by atoms with Crippen LogP contribution in [0.1, 0.15) is 10.4 Å². The fraction of sp³-hybridized carbons (Fsp3) is 0.316. The number of carbonyl (C=O) groups excluding carboxylic acids is 1. The minimum absolute atomic E-state index is 0.0555. The van der Waals surface area contributed by atoms with Gasteiger partial charge in [-0.1, -0.05) is 11.0 Å². The molecule has 2 aromatic carbocycles. The summed E-state index contributed by atoms with van der Waals surface area (Å²) in [6, 6.07) is 10.4. The molecule has 0 bridgehead atoms. The van der Waals surface area contributed by atoms with Crippen LogP contribution >= 0.6 is 0 Å². The number of aliphatic hydroxyl groups is 1. The van der Waals surface area contributed by atoms with Gasteiger partial charge >= 0.3 is 0 Å². The molecule has 30 heavy (non-hydrogen) atoms. The van der Waals surface area contributed by atoms with Crippen LogP contribution in [0.15, 0.2) is 47.4 Å². The molecule has 0 spiro atoms. The third-order valence-electron chi connectivity index (χ3n) is 3.92. The number of hydrogen-bond donors (Lipinski definition) is 3. The van der Waals surface area contributed by atoms with Gasteiger partial charge in [-0.05, 0) is 36.4 Å². The number of para-hydroxylation sites is 1. The summed E-state index contributed by atoms with van der Waals surface area (Å²) in [5, 5.41) is 12.7. The number of benzene rings is 2. The Kier molecular flexibility index (Phi) is 8.42. The SMILES string of the molecule is CONS(=O)(=O)c1ccc(C(=O)NCC(O)COc2c(OC)cccc2OC)cc1. The lowest BCUT2D eigenvalue weighted by atomic mass is 10.2. The summed E-state index contributed by atoms with van der Waals surface area (Å²) >= 11 is 0. The second-order valence-electron chi connectivity index (χ2n) is 5.98. The number of carbonyl (C=O) groups is 1. The summed E-state index contributed by atoms with van der Waals surface area (Å²) in [6.45, 7) is -0.196. The average molecular weight is 440 g/mol. The molecule has 164 valence electrons. The molecule has 10 nitrogen and oxygen atoms in total. The summed E-state index contributed by atoms with van der Waals surface area (Å²) in [5.41, 5.74) is 0.228. The molecule has 0 fully saturated rings. The Morgan fingerprint density at radius 3 is 2.17 bits per heavy atom. The van der Waals surface area contributed by atoms with E-state index < -0.39 is 22.0 Å². The maximum Gasteiger partial charge on any atom is 0.262 e. The number of rotatable bonds is 11. The van der Waals surface area contributed by atoms with Crippen LogP contribution in [0.4, 0.5) is 0 Å². The number of hydrogen-bond acceptors (Lipinski definition) is 8. The van der Waals surface area contributed by atoms with Gasteiger partial charge in [-0.15, -0.1) is 0 Å². The number of sulfonamides is 1. The smallest absolute Gasteiger partial charge is 0.262 e.